The summed E-state index contributed by atoms with van der Waals surface area (Å²) in [6.45, 7) is 0.416. The first-order valence-corrected chi connectivity index (χ1v) is 11.2. The fraction of sp³-hybridized carbons (Fsp3) is 0.115. The van der Waals surface area contributed by atoms with Crippen LogP contribution in [0.5, 0.6) is 11.5 Å². The fourth-order valence-corrected chi connectivity index (χ4v) is 4.24. The van der Waals surface area contributed by atoms with E-state index in [0.29, 0.717) is 33.9 Å². The Kier molecular flexibility index (Phi) is 6.98. The maximum Gasteiger partial charge on any atom is 0.335 e. The van der Waals surface area contributed by atoms with Gasteiger partial charge < -0.3 is 14.6 Å². The molecule has 1 saturated heterocycles. The molecule has 1 heterocycles. The van der Waals surface area contributed by atoms with Crippen LogP contribution in [0.1, 0.15) is 21.5 Å². The van der Waals surface area contributed by atoms with Gasteiger partial charge in [-0.1, -0.05) is 42.5 Å². The summed E-state index contributed by atoms with van der Waals surface area (Å²) in [6.07, 6.45) is 1.77. The number of aliphatic imine (C=N–C) groups is 1. The van der Waals surface area contributed by atoms with Crippen LogP contribution in [0, 0.1) is 0 Å². The van der Waals surface area contributed by atoms with E-state index in [9.17, 15) is 14.7 Å². The van der Waals surface area contributed by atoms with Crippen molar-refractivity contribution in [1.82, 2.24) is 4.90 Å². The number of rotatable bonds is 7. The molecule has 1 aliphatic rings. The lowest BCUT2D eigenvalue weighted by Gasteiger charge is -2.11. The van der Waals surface area contributed by atoms with Crippen molar-refractivity contribution in [3.63, 3.8) is 0 Å². The number of aromatic carboxylic acids is 1. The Labute approximate surface area is 201 Å². The van der Waals surface area contributed by atoms with Gasteiger partial charge in [0.15, 0.2) is 16.7 Å². The lowest BCUT2D eigenvalue weighted by molar-refractivity contribution is -0.121. The molecule has 0 radical (unpaired) electrons. The smallest absolute Gasteiger partial charge is 0.335 e. The summed E-state index contributed by atoms with van der Waals surface area (Å²) in [6, 6.07) is 21.6. The quantitative estimate of drug-likeness (QED) is 0.473. The molecule has 0 bridgehead atoms. The van der Waals surface area contributed by atoms with E-state index in [1.54, 1.807) is 32.4 Å². The molecule has 1 amide bonds. The predicted molar refractivity (Wildman–Crippen MR) is 133 cm³/mol. The highest BCUT2D eigenvalue weighted by Gasteiger charge is 2.30. The van der Waals surface area contributed by atoms with Crippen molar-refractivity contribution < 1.29 is 24.2 Å². The Morgan fingerprint density at radius 3 is 2.59 bits per heavy atom. The molecule has 7 nitrogen and oxygen atoms in total. The van der Waals surface area contributed by atoms with Crippen LogP contribution in [0.4, 0.5) is 5.69 Å². The van der Waals surface area contributed by atoms with Crippen LogP contribution in [0.3, 0.4) is 0 Å². The number of thioether (sulfide) groups is 1. The number of amides is 1. The summed E-state index contributed by atoms with van der Waals surface area (Å²) < 4.78 is 11.4. The minimum atomic E-state index is -1.03. The van der Waals surface area contributed by atoms with Gasteiger partial charge in [-0.2, -0.15) is 0 Å². The molecule has 1 N–H and O–H groups in total. The van der Waals surface area contributed by atoms with Gasteiger partial charge in [0.05, 0.1) is 23.3 Å². The Hall–Kier alpha value is -4.04. The van der Waals surface area contributed by atoms with Crippen LogP contribution in [-0.4, -0.2) is 41.2 Å². The zero-order valence-corrected chi connectivity index (χ0v) is 19.4. The third-order valence-corrected chi connectivity index (χ3v) is 6.10. The molecule has 0 atom stereocenters. The molecule has 0 unspecified atom stereocenters. The number of carbonyl (C=O) groups excluding carboxylic acids is 1. The molecule has 3 aromatic rings. The Morgan fingerprint density at radius 2 is 1.85 bits per heavy atom. The molecule has 0 aromatic heterocycles. The Morgan fingerprint density at radius 1 is 1.06 bits per heavy atom. The molecular formula is C26H22N2O5S. The van der Waals surface area contributed by atoms with Gasteiger partial charge in [-0.05, 0) is 59.3 Å². The minimum Gasteiger partial charge on any atom is -0.493 e. The van der Waals surface area contributed by atoms with Gasteiger partial charge in [-0.25, -0.2) is 9.79 Å². The lowest BCUT2D eigenvalue weighted by Crippen LogP contribution is -2.23. The number of carboxylic acid groups (broad SMARTS) is 1. The SMILES string of the molecule is COc1cc(/C=C2\SC(=Nc3cccc(C(=O)O)c3)N(C)C2=O)ccc1OCc1ccccc1. The zero-order chi connectivity index (χ0) is 24.1. The van der Waals surface area contributed by atoms with Gasteiger partial charge in [-0.15, -0.1) is 0 Å². The van der Waals surface area contributed by atoms with Crippen LogP contribution in [-0.2, 0) is 11.4 Å². The van der Waals surface area contributed by atoms with E-state index in [4.69, 9.17) is 9.47 Å². The van der Waals surface area contributed by atoms with Crippen LogP contribution >= 0.6 is 11.8 Å². The number of amidine groups is 1. The molecule has 1 aliphatic heterocycles. The molecule has 34 heavy (non-hydrogen) atoms. The maximum atomic E-state index is 12.8. The number of hydrogen-bond acceptors (Lipinski definition) is 6. The monoisotopic (exact) mass is 474 g/mol. The molecule has 3 aromatic carbocycles. The topological polar surface area (TPSA) is 88.4 Å². The van der Waals surface area contributed by atoms with Crippen molar-refractivity contribution >= 4 is 40.6 Å². The number of carboxylic acids is 1. The highest BCUT2D eigenvalue weighted by molar-refractivity contribution is 8.18. The molecule has 0 spiro atoms. The third-order valence-electron chi connectivity index (χ3n) is 5.04. The molecular weight excluding hydrogens is 452 g/mol. The summed E-state index contributed by atoms with van der Waals surface area (Å²) >= 11 is 1.22. The van der Waals surface area contributed by atoms with Crippen LogP contribution < -0.4 is 9.47 Å². The lowest BCUT2D eigenvalue weighted by atomic mass is 10.2. The van der Waals surface area contributed by atoms with E-state index in [2.05, 4.69) is 4.99 Å². The minimum absolute atomic E-state index is 0.135. The van der Waals surface area contributed by atoms with Gasteiger partial charge >= 0.3 is 5.97 Å². The fourth-order valence-electron chi connectivity index (χ4n) is 3.25. The molecule has 8 heteroatoms. The van der Waals surface area contributed by atoms with Crippen molar-refractivity contribution in [2.45, 2.75) is 6.61 Å². The Bertz CT molecular complexity index is 1290. The van der Waals surface area contributed by atoms with Gasteiger partial charge in [0.25, 0.3) is 5.91 Å². The van der Waals surface area contributed by atoms with E-state index in [-0.39, 0.29) is 11.5 Å². The molecule has 172 valence electrons. The second kappa shape index (κ2) is 10.3. The van der Waals surface area contributed by atoms with Crippen LogP contribution in [0.2, 0.25) is 0 Å². The third kappa shape index (κ3) is 5.29. The summed E-state index contributed by atoms with van der Waals surface area (Å²) in [5.74, 6) is -0.0529. The predicted octanol–water partition coefficient (Wildman–Crippen LogP) is 5.21. The molecule has 4 rings (SSSR count). The van der Waals surface area contributed by atoms with Crippen LogP contribution in [0.15, 0.2) is 82.7 Å². The average Bonchev–Trinajstić information content (AvgIpc) is 3.11. The van der Waals surface area contributed by atoms with Crippen LogP contribution in [0.25, 0.3) is 6.08 Å². The standard InChI is InChI=1S/C26H22N2O5S/c1-28-24(29)23(34-26(28)27-20-10-6-9-19(15-20)25(30)31)14-18-11-12-21(22(13-18)32-2)33-16-17-7-4-3-5-8-17/h3-15H,16H2,1-2H3,(H,30,31)/b23-14-,27-26?. The number of carbonyl (C=O) groups is 2. The van der Waals surface area contributed by atoms with E-state index in [0.717, 1.165) is 11.1 Å². The molecule has 0 aliphatic carbocycles. The largest absolute Gasteiger partial charge is 0.493 e. The van der Waals surface area contributed by atoms with Crippen molar-refractivity contribution in [2.24, 2.45) is 4.99 Å². The second-order valence-electron chi connectivity index (χ2n) is 7.41. The van der Waals surface area contributed by atoms with Crippen molar-refractivity contribution in [3.05, 3.63) is 94.4 Å². The van der Waals surface area contributed by atoms with Crippen molar-refractivity contribution in [1.29, 1.82) is 0 Å². The average molecular weight is 475 g/mol. The van der Waals surface area contributed by atoms with Gasteiger partial charge in [0.2, 0.25) is 0 Å². The Balaban J connectivity index is 1.53. The summed E-state index contributed by atoms with van der Waals surface area (Å²) in [4.78, 5) is 30.4. The highest BCUT2D eigenvalue weighted by atomic mass is 32.2. The van der Waals surface area contributed by atoms with E-state index >= 15 is 0 Å². The zero-order valence-electron chi connectivity index (χ0n) is 18.6. The summed E-state index contributed by atoms with van der Waals surface area (Å²) in [7, 11) is 3.21. The maximum absolute atomic E-state index is 12.8. The number of hydrogen-bond donors (Lipinski definition) is 1. The van der Waals surface area contributed by atoms with Crippen molar-refractivity contribution in [3.8, 4) is 11.5 Å². The first-order chi connectivity index (χ1) is 16.4. The number of ether oxygens (including phenoxy) is 2. The number of nitrogens with zero attached hydrogens (tertiary/aromatic N) is 2. The first-order valence-electron chi connectivity index (χ1n) is 10.4. The first kappa shape index (κ1) is 23.1. The van der Waals surface area contributed by atoms with Gasteiger partial charge in [0.1, 0.15) is 6.61 Å². The van der Waals surface area contributed by atoms with Crippen molar-refractivity contribution in [2.75, 3.05) is 14.2 Å². The van der Waals surface area contributed by atoms with E-state index in [1.807, 2.05) is 48.5 Å². The normalized spacial score (nSPS) is 15.7. The summed E-state index contributed by atoms with van der Waals surface area (Å²) in [5, 5.41) is 9.64. The van der Waals surface area contributed by atoms with E-state index < -0.39 is 5.97 Å². The molecule has 0 saturated carbocycles. The van der Waals surface area contributed by atoms with E-state index in [1.165, 1.54) is 28.8 Å². The highest BCUT2D eigenvalue weighted by Crippen LogP contribution is 2.35. The number of likely N-dealkylation sites (N-methyl/N-ethyl adjacent to an activating group) is 1. The van der Waals surface area contributed by atoms with Gasteiger partial charge in [0, 0.05) is 7.05 Å². The second-order valence-corrected chi connectivity index (χ2v) is 8.42. The number of benzene rings is 3. The molecule has 1 fully saturated rings. The van der Waals surface area contributed by atoms with Gasteiger partial charge in [-0.3, -0.25) is 9.69 Å². The number of methoxy groups -OCH3 is 1. The summed E-state index contributed by atoms with van der Waals surface area (Å²) in [5.41, 5.74) is 2.43.